The van der Waals surface area contributed by atoms with Crippen molar-refractivity contribution in [3.63, 3.8) is 0 Å². The van der Waals surface area contributed by atoms with Crippen LogP contribution in [0.5, 0.6) is 0 Å². The first-order valence-electron chi connectivity index (χ1n) is 5.56. The van der Waals surface area contributed by atoms with E-state index in [1.54, 1.807) is 0 Å². The summed E-state index contributed by atoms with van der Waals surface area (Å²) in [5.41, 5.74) is 0.776. The van der Waals surface area contributed by atoms with Gasteiger partial charge in [0.25, 0.3) is 0 Å². The van der Waals surface area contributed by atoms with Crippen molar-refractivity contribution >= 4 is 25.1 Å². The summed E-state index contributed by atoms with van der Waals surface area (Å²) in [4.78, 5) is 21.2. The first-order valence-corrected chi connectivity index (χ1v) is 8.21. The summed E-state index contributed by atoms with van der Waals surface area (Å²) in [5, 5.41) is 3.73. The molecule has 0 fully saturated rings. The molecular weight excluding hydrogens is 218 g/mol. The van der Waals surface area contributed by atoms with E-state index >= 15 is 0 Å². The van der Waals surface area contributed by atoms with Gasteiger partial charge in [0.2, 0.25) is 14.2 Å². The molecule has 0 aromatic heterocycles. The molecule has 16 heavy (non-hydrogen) atoms. The van der Waals surface area contributed by atoms with Crippen LogP contribution in [0, 0.1) is 0 Å². The van der Waals surface area contributed by atoms with Gasteiger partial charge in [0, 0.05) is 12.6 Å². The highest BCUT2D eigenvalue weighted by atomic mass is 28.4. The monoisotopic (exact) mass is 237 g/mol. The van der Waals surface area contributed by atoms with E-state index in [0.29, 0.717) is 0 Å². The molecule has 3 nitrogen and oxygen atoms in total. The summed E-state index contributed by atoms with van der Waals surface area (Å²) in [6.45, 7) is 5.51. The molecule has 4 heteroatoms. The SMILES string of the molecule is CCC[Si](C)(O)c1ccc(NC(C)=O)cc1. The molecule has 2 N–H and O–H groups in total. The van der Waals surface area contributed by atoms with E-state index in [1.165, 1.54) is 6.92 Å². The highest BCUT2D eigenvalue weighted by Gasteiger charge is 2.25. The van der Waals surface area contributed by atoms with E-state index in [4.69, 9.17) is 0 Å². The summed E-state index contributed by atoms with van der Waals surface area (Å²) in [6, 6.07) is 8.37. The van der Waals surface area contributed by atoms with Crippen molar-refractivity contribution in [2.45, 2.75) is 32.9 Å². The first-order chi connectivity index (χ1) is 7.45. The maximum absolute atomic E-state index is 10.8. The van der Waals surface area contributed by atoms with Gasteiger partial charge in [-0.15, -0.1) is 0 Å². The molecule has 0 bridgehead atoms. The van der Waals surface area contributed by atoms with Crippen LogP contribution in [0.3, 0.4) is 0 Å². The Morgan fingerprint density at radius 2 is 1.94 bits per heavy atom. The minimum absolute atomic E-state index is 0.0784. The van der Waals surface area contributed by atoms with E-state index in [-0.39, 0.29) is 5.91 Å². The van der Waals surface area contributed by atoms with Crippen LogP contribution in [0.1, 0.15) is 20.3 Å². The molecule has 0 radical (unpaired) electrons. The van der Waals surface area contributed by atoms with Crippen LogP contribution < -0.4 is 10.5 Å². The molecule has 1 aromatic rings. The largest absolute Gasteiger partial charge is 0.428 e. The molecule has 0 spiro atoms. The lowest BCUT2D eigenvalue weighted by Crippen LogP contribution is -2.44. The topological polar surface area (TPSA) is 49.3 Å². The molecule has 1 atom stereocenters. The van der Waals surface area contributed by atoms with Crippen LogP contribution in [-0.4, -0.2) is 19.0 Å². The number of amides is 1. The third-order valence-corrected chi connectivity index (χ3v) is 5.61. The van der Waals surface area contributed by atoms with E-state index in [2.05, 4.69) is 12.2 Å². The number of hydrogen-bond acceptors (Lipinski definition) is 2. The molecule has 0 saturated heterocycles. The van der Waals surface area contributed by atoms with Crippen molar-refractivity contribution < 1.29 is 9.59 Å². The Balaban J connectivity index is 2.81. The number of hydrogen-bond donors (Lipinski definition) is 2. The third-order valence-electron chi connectivity index (χ3n) is 2.56. The van der Waals surface area contributed by atoms with Crippen LogP contribution in [0.25, 0.3) is 0 Å². The summed E-state index contributed by atoms with van der Waals surface area (Å²) >= 11 is 0. The first kappa shape index (κ1) is 12.9. The number of rotatable bonds is 4. The minimum atomic E-state index is -2.26. The van der Waals surface area contributed by atoms with Gasteiger partial charge in [-0.2, -0.15) is 0 Å². The maximum atomic E-state index is 10.8. The summed E-state index contributed by atoms with van der Waals surface area (Å²) in [7, 11) is -2.26. The number of nitrogens with one attached hydrogen (secondary N) is 1. The van der Waals surface area contributed by atoms with Crippen LogP contribution in [0.2, 0.25) is 12.6 Å². The summed E-state index contributed by atoms with van der Waals surface area (Å²) < 4.78 is 0. The fourth-order valence-corrected chi connectivity index (χ4v) is 3.89. The van der Waals surface area contributed by atoms with E-state index in [9.17, 15) is 9.59 Å². The lowest BCUT2D eigenvalue weighted by molar-refractivity contribution is -0.114. The molecule has 1 amide bonds. The number of carbonyl (C=O) groups excluding carboxylic acids is 1. The highest BCUT2D eigenvalue weighted by molar-refractivity contribution is 6.84. The Bertz CT molecular complexity index is 360. The Kier molecular flexibility index (Phi) is 4.26. The maximum Gasteiger partial charge on any atom is 0.221 e. The third kappa shape index (κ3) is 3.47. The number of anilines is 1. The van der Waals surface area contributed by atoms with Gasteiger partial charge in [-0.25, -0.2) is 0 Å². The minimum Gasteiger partial charge on any atom is -0.428 e. The summed E-state index contributed by atoms with van der Waals surface area (Å²) in [6.07, 6.45) is 0.993. The van der Waals surface area contributed by atoms with Crippen molar-refractivity contribution in [2.75, 3.05) is 5.32 Å². The van der Waals surface area contributed by atoms with Crippen LogP contribution in [-0.2, 0) is 4.79 Å². The molecule has 0 aliphatic carbocycles. The molecule has 0 saturated carbocycles. The van der Waals surface area contributed by atoms with Gasteiger partial charge in [-0.1, -0.05) is 25.5 Å². The Hall–Kier alpha value is -1.13. The van der Waals surface area contributed by atoms with Crippen LogP contribution in [0.4, 0.5) is 5.69 Å². The van der Waals surface area contributed by atoms with E-state index in [1.807, 2.05) is 30.8 Å². The molecule has 1 rings (SSSR count). The normalized spacial score (nSPS) is 14.2. The second-order valence-corrected chi connectivity index (χ2v) is 7.91. The fraction of sp³-hybridized carbons (Fsp3) is 0.417. The second-order valence-electron chi connectivity index (χ2n) is 4.28. The van der Waals surface area contributed by atoms with Gasteiger partial charge in [0.15, 0.2) is 0 Å². The van der Waals surface area contributed by atoms with Crippen molar-refractivity contribution in [1.29, 1.82) is 0 Å². The molecule has 1 unspecified atom stereocenters. The lowest BCUT2D eigenvalue weighted by atomic mass is 10.3. The second kappa shape index (κ2) is 5.27. The Morgan fingerprint density at radius 1 is 1.38 bits per heavy atom. The average Bonchev–Trinajstić information content (AvgIpc) is 2.17. The highest BCUT2D eigenvalue weighted by Crippen LogP contribution is 2.11. The predicted octanol–water partition coefficient (Wildman–Crippen LogP) is 1.83. The van der Waals surface area contributed by atoms with Crippen molar-refractivity contribution in [1.82, 2.24) is 0 Å². The lowest BCUT2D eigenvalue weighted by Gasteiger charge is -2.20. The van der Waals surface area contributed by atoms with Gasteiger partial charge in [0.05, 0.1) is 0 Å². The van der Waals surface area contributed by atoms with Crippen LogP contribution >= 0.6 is 0 Å². The number of carbonyl (C=O) groups is 1. The standard InChI is InChI=1S/C12H19NO2Si/c1-4-9-16(3,15)12-7-5-11(6-8-12)13-10(2)14/h5-8,15H,4,9H2,1-3H3,(H,13,14). The Labute approximate surface area is 97.6 Å². The van der Waals surface area contributed by atoms with E-state index < -0.39 is 8.32 Å². The zero-order chi connectivity index (χ0) is 12.2. The average molecular weight is 237 g/mol. The summed E-state index contributed by atoms with van der Waals surface area (Å²) in [5.74, 6) is -0.0784. The molecule has 0 heterocycles. The quantitative estimate of drug-likeness (QED) is 0.785. The number of benzene rings is 1. The zero-order valence-electron chi connectivity index (χ0n) is 10.1. The van der Waals surface area contributed by atoms with Gasteiger partial charge in [-0.05, 0) is 29.9 Å². The molecule has 1 aromatic carbocycles. The fourth-order valence-electron chi connectivity index (χ4n) is 1.75. The van der Waals surface area contributed by atoms with Crippen molar-refractivity contribution in [3.05, 3.63) is 24.3 Å². The molecule has 88 valence electrons. The predicted molar refractivity (Wildman–Crippen MR) is 69.3 cm³/mol. The van der Waals surface area contributed by atoms with Gasteiger partial charge in [-0.3, -0.25) is 4.79 Å². The van der Waals surface area contributed by atoms with Crippen LogP contribution in [0.15, 0.2) is 24.3 Å². The zero-order valence-corrected chi connectivity index (χ0v) is 11.1. The smallest absolute Gasteiger partial charge is 0.221 e. The van der Waals surface area contributed by atoms with Gasteiger partial charge < -0.3 is 10.1 Å². The molecule has 0 aliphatic heterocycles. The van der Waals surface area contributed by atoms with Gasteiger partial charge >= 0.3 is 0 Å². The Morgan fingerprint density at radius 3 is 2.38 bits per heavy atom. The van der Waals surface area contributed by atoms with Gasteiger partial charge in [0.1, 0.15) is 0 Å². The molecular formula is C12H19NO2Si. The van der Waals surface area contributed by atoms with Crippen molar-refractivity contribution in [3.8, 4) is 0 Å². The van der Waals surface area contributed by atoms with E-state index in [0.717, 1.165) is 23.3 Å². The van der Waals surface area contributed by atoms with Crippen molar-refractivity contribution in [2.24, 2.45) is 0 Å². The molecule has 0 aliphatic rings.